The Labute approximate surface area is 176 Å². The van der Waals surface area contributed by atoms with Crippen LogP contribution >= 0.6 is 11.3 Å². The number of hydrogen-bond donors (Lipinski definition) is 1. The lowest BCUT2D eigenvalue weighted by Crippen LogP contribution is -2.49. The molecule has 0 aromatic carbocycles. The molecule has 3 atom stereocenters. The van der Waals surface area contributed by atoms with Gasteiger partial charge in [0.15, 0.2) is 0 Å². The Morgan fingerprint density at radius 2 is 1.87 bits per heavy atom. The van der Waals surface area contributed by atoms with E-state index in [1.165, 1.54) is 4.88 Å². The number of carboxylic acid groups (broad SMARTS) is 1. The third kappa shape index (κ3) is 5.93. The molecular formula is C19H25F3N2O5S. The minimum absolute atomic E-state index is 0.0279. The zero-order valence-electron chi connectivity index (χ0n) is 16.3. The van der Waals surface area contributed by atoms with Crippen LogP contribution < -0.4 is 0 Å². The van der Waals surface area contributed by atoms with Gasteiger partial charge in [-0.3, -0.25) is 9.69 Å². The van der Waals surface area contributed by atoms with Gasteiger partial charge in [-0.2, -0.15) is 13.2 Å². The van der Waals surface area contributed by atoms with Gasteiger partial charge in [0.25, 0.3) is 0 Å². The number of fused-ring (bicyclic) bond motifs is 1. The highest BCUT2D eigenvalue weighted by molar-refractivity contribution is 7.09. The highest BCUT2D eigenvalue weighted by atomic mass is 32.1. The Morgan fingerprint density at radius 1 is 1.17 bits per heavy atom. The summed E-state index contributed by atoms with van der Waals surface area (Å²) >= 11 is 1.81. The molecule has 1 amide bonds. The lowest BCUT2D eigenvalue weighted by molar-refractivity contribution is -0.192. The van der Waals surface area contributed by atoms with E-state index in [2.05, 4.69) is 22.4 Å². The number of carbonyl (C=O) groups excluding carboxylic acids is 1. The number of amides is 1. The molecule has 1 aromatic rings. The van der Waals surface area contributed by atoms with Crippen LogP contribution in [0.1, 0.15) is 4.88 Å². The number of halogens is 3. The van der Waals surface area contributed by atoms with Crippen LogP contribution in [-0.2, 0) is 25.6 Å². The minimum atomic E-state index is -5.08. The topological polar surface area (TPSA) is 79.3 Å². The van der Waals surface area contributed by atoms with E-state index in [0.29, 0.717) is 31.7 Å². The summed E-state index contributed by atoms with van der Waals surface area (Å²) in [4.78, 5) is 27.7. The van der Waals surface area contributed by atoms with Crippen LogP contribution in [0, 0.1) is 17.8 Å². The van der Waals surface area contributed by atoms with Crippen molar-refractivity contribution in [1.82, 2.24) is 9.80 Å². The lowest BCUT2D eigenvalue weighted by atomic mass is 9.82. The normalized spacial score (nSPS) is 27.2. The average Bonchev–Trinajstić information content (AvgIpc) is 3.37. The Bertz CT molecular complexity index is 710. The van der Waals surface area contributed by atoms with Crippen LogP contribution in [0.5, 0.6) is 0 Å². The summed E-state index contributed by atoms with van der Waals surface area (Å²) in [6.07, 6.45) is -5.08. The monoisotopic (exact) mass is 450 g/mol. The second kappa shape index (κ2) is 10.1. The van der Waals surface area contributed by atoms with E-state index >= 15 is 0 Å². The zero-order valence-corrected chi connectivity index (χ0v) is 17.2. The number of alkyl halides is 3. The largest absolute Gasteiger partial charge is 0.490 e. The van der Waals surface area contributed by atoms with Crippen molar-refractivity contribution in [3.63, 3.8) is 0 Å². The predicted octanol–water partition coefficient (Wildman–Crippen LogP) is 1.93. The molecule has 1 aromatic heterocycles. The van der Waals surface area contributed by atoms with Crippen molar-refractivity contribution in [2.24, 2.45) is 17.8 Å². The van der Waals surface area contributed by atoms with Crippen molar-refractivity contribution in [2.45, 2.75) is 12.7 Å². The molecule has 0 saturated carbocycles. The first kappa shape index (κ1) is 23.0. The number of ether oxygens (including phenoxy) is 2. The maximum atomic E-state index is 12.9. The van der Waals surface area contributed by atoms with Crippen molar-refractivity contribution >= 4 is 23.2 Å². The van der Waals surface area contributed by atoms with E-state index in [-0.39, 0.29) is 11.8 Å². The molecule has 1 N–H and O–H groups in total. The maximum absolute atomic E-state index is 12.9. The van der Waals surface area contributed by atoms with Gasteiger partial charge in [-0.15, -0.1) is 11.3 Å². The fourth-order valence-corrected chi connectivity index (χ4v) is 4.86. The molecule has 3 aliphatic rings. The van der Waals surface area contributed by atoms with Crippen molar-refractivity contribution in [2.75, 3.05) is 52.6 Å². The number of rotatable bonds is 3. The number of hydrogen-bond acceptors (Lipinski definition) is 6. The van der Waals surface area contributed by atoms with Gasteiger partial charge >= 0.3 is 12.1 Å². The molecule has 168 valence electrons. The fourth-order valence-electron chi connectivity index (χ4n) is 4.12. The average molecular weight is 450 g/mol. The first-order valence-electron chi connectivity index (χ1n) is 9.75. The van der Waals surface area contributed by atoms with E-state index in [4.69, 9.17) is 19.4 Å². The van der Waals surface area contributed by atoms with Crippen molar-refractivity contribution < 1.29 is 37.3 Å². The van der Waals surface area contributed by atoms with Crippen LogP contribution in [0.15, 0.2) is 17.5 Å². The fraction of sp³-hybridized carbons (Fsp3) is 0.684. The standard InChI is InChI=1S/C17H24N2O3S.C2HF3O2/c20-17(19-3-5-21-6-4-19)16-12-22-11-13-8-18(10-15(13)16)9-14-2-1-7-23-14;3-2(4,5)1(6)7/h1-2,7,13,15-16H,3-6,8-12H2;(H,6,7)/t13-,15-,16+;/m1./s1. The van der Waals surface area contributed by atoms with Crippen LogP contribution in [0.25, 0.3) is 0 Å². The Morgan fingerprint density at radius 3 is 2.47 bits per heavy atom. The van der Waals surface area contributed by atoms with E-state index in [0.717, 1.165) is 39.3 Å². The molecule has 0 unspecified atom stereocenters. The predicted molar refractivity (Wildman–Crippen MR) is 102 cm³/mol. The number of morpholine rings is 1. The molecule has 3 fully saturated rings. The first-order chi connectivity index (χ1) is 14.3. The van der Waals surface area contributed by atoms with Gasteiger partial charge in [0.2, 0.25) is 5.91 Å². The quantitative estimate of drug-likeness (QED) is 0.758. The van der Waals surface area contributed by atoms with Crippen LogP contribution in [0.4, 0.5) is 13.2 Å². The highest BCUT2D eigenvalue weighted by Crippen LogP contribution is 2.36. The van der Waals surface area contributed by atoms with Crippen LogP contribution in [-0.4, -0.2) is 85.6 Å². The third-order valence-electron chi connectivity index (χ3n) is 5.56. The van der Waals surface area contributed by atoms with E-state index in [1.807, 2.05) is 16.2 Å². The molecule has 30 heavy (non-hydrogen) atoms. The van der Waals surface area contributed by atoms with E-state index in [9.17, 15) is 18.0 Å². The number of nitrogens with zero attached hydrogens (tertiary/aromatic N) is 2. The molecule has 4 rings (SSSR count). The molecule has 11 heteroatoms. The van der Waals surface area contributed by atoms with Gasteiger partial charge in [0, 0.05) is 37.6 Å². The number of carboxylic acids is 1. The van der Waals surface area contributed by atoms with Gasteiger partial charge in [0.05, 0.1) is 32.3 Å². The van der Waals surface area contributed by atoms with Gasteiger partial charge in [-0.05, 0) is 23.3 Å². The van der Waals surface area contributed by atoms with Crippen molar-refractivity contribution in [3.8, 4) is 0 Å². The molecule has 7 nitrogen and oxygen atoms in total. The molecule has 3 saturated heterocycles. The minimum Gasteiger partial charge on any atom is -0.475 e. The van der Waals surface area contributed by atoms with Gasteiger partial charge in [0.1, 0.15) is 0 Å². The second-order valence-corrected chi connectivity index (χ2v) is 8.61. The number of aliphatic carboxylic acids is 1. The van der Waals surface area contributed by atoms with Crippen LogP contribution in [0.3, 0.4) is 0 Å². The third-order valence-corrected chi connectivity index (χ3v) is 6.42. The molecule has 0 radical (unpaired) electrons. The summed E-state index contributed by atoms with van der Waals surface area (Å²) in [6.45, 7) is 7.25. The highest BCUT2D eigenvalue weighted by Gasteiger charge is 2.45. The molecule has 0 aliphatic carbocycles. The first-order valence-corrected chi connectivity index (χ1v) is 10.6. The molecule has 3 aliphatic heterocycles. The summed E-state index contributed by atoms with van der Waals surface area (Å²) in [7, 11) is 0. The van der Waals surface area contributed by atoms with Gasteiger partial charge < -0.3 is 19.5 Å². The maximum Gasteiger partial charge on any atom is 0.490 e. The zero-order chi connectivity index (χ0) is 21.7. The van der Waals surface area contributed by atoms with Gasteiger partial charge in [-0.25, -0.2) is 4.79 Å². The number of thiophene rings is 1. The number of likely N-dealkylation sites (tertiary alicyclic amines) is 1. The van der Waals surface area contributed by atoms with Crippen molar-refractivity contribution in [1.29, 1.82) is 0 Å². The Balaban J connectivity index is 0.000000318. The SMILES string of the molecule is O=C(O)C(F)(F)F.O=C([C@H]1COC[C@H]2CN(Cc3cccs3)C[C@H]21)N1CCOCC1. The number of carbonyl (C=O) groups is 2. The summed E-state index contributed by atoms with van der Waals surface area (Å²) < 4.78 is 42.9. The second-order valence-electron chi connectivity index (χ2n) is 7.58. The summed E-state index contributed by atoms with van der Waals surface area (Å²) in [5, 5.41) is 9.26. The molecular weight excluding hydrogens is 425 g/mol. The van der Waals surface area contributed by atoms with Crippen LogP contribution in [0.2, 0.25) is 0 Å². The van der Waals surface area contributed by atoms with Gasteiger partial charge in [-0.1, -0.05) is 6.07 Å². The smallest absolute Gasteiger partial charge is 0.475 e. The summed E-state index contributed by atoms with van der Waals surface area (Å²) in [5.41, 5.74) is 0. The lowest BCUT2D eigenvalue weighted by Gasteiger charge is -2.36. The molecule has 0 spiro atoms. The Hall–Kier alpha value is -1.69. The molecule has 0 bridgehead atoms. The van der Waals surface area contributed by atoms with Crippen molar-refractivity contribution in [3.05, 3.63) is 22.4 Å². The van der Waals surface area contributed by atoms with E-state index < -0.39 is 12.1 Å². The summed E-state index contributed by atoms with van der Waals surface area (Å²) in [6, 6.07) is 4.30. The van der Waals surface area contributed by atoms with E-state index in [1.54, 1.807) is 0 Å². The Kier molecular flexibility index (Phi) is 7.72. The molecule has 4 heterocycles. The summed E-state index contributed by atoms with van der Waals surface area (Å²) in [5.74, 6) is -1.51.